The van der Waals surface area contributed by atoms with Gasteiger partial charge in [-0.3, -0.25) is 9.79 Å². The second-order valence-corrected chi connectivity index (χ2v) is 13.2. The maximum atomic E-state index is 15.1. The van der Waals surface area contributed by atoms with E-state index in [1.54, 1.807) is 6.92 Å². The Morgan fingerprint density at radius 3 is 2.61 bits per heavy atom. The average molecular weight is 566 g/mol. The van der Waals surface area contributed by atoms with Gasteiger partial charge in [-0.15, -0.1) is 0 Å². The molecule has 1 aromatic carbocycles. The molecule has 4 rings (SSSR count). The van der Waals surface area contributed by atoms with Crippen molar-refractivity contribution in [1.29, 1.82) is 0 Å². The van der Waals surface area contributed by atoms with E-state index in [2.05, 4.69) is 20.3 Å². The number of amidine groups is 1. The number of sulfone groups is 1. The molecule has 3 heterocycles. The van der Waals surface area contributed by atoms with E-state index in [-0.39, 0.29) is 28.7 Å². The van der Waals surface area contributed by atoms with E-state index in [4.69, 9.17) is 14.9 Å². The lowest BCUT2D eigenvalue weighted by molar-refractivity contribution is 0.102. The lowest BCUT2D eigenvalue weighted by Crippen LogP contribution is -2.52. The monoisotopic (exact) mass is 565 g/mol. The average Bonchev–Trinajstić information content (AvgIpc) is 3.36. The zero-order valence-electron chi connectivity index (χ0n) is 20.9. The first-order valence-electron chi connectivity index (χ1n) is 11.3. The van der Waals surface area contributed by atoms with Gasteiger partial charge in [-0.2, -0.15) is 0 Å². The number of nitrogens with one attached hydrogen (secondary N) is 1. The van der Waals surface area contributed by atoms with Crippen LogP contribution in [0.4, 0.5) is 14.5 Å². The van der Waals surface area contributed by atoms with E-state index in [0.717, 1.165) is 24.1 Å². The first-order valence-corrected chi connectivity index (χ1v) is 14.0. The van der Waals surface area contributed by atoms with Crippen LogP contribution in [0.15, 0.2) is 52.3 Å². The first kappa shape index (κ1) is 27.5. The Hall–Kier alpha value is -3.52. The van der Waals surface area contributed by atoms with E-state index in [0.29, 0.717) is 11.6 Å². The number of rotatable bonds is 7. The molecule has 10 nitrogen and oxygen atoms in total. The third-order valence-electron chi connectivity index (χ3n) is 6.66. The molecule has 0 radical (unpaired) electrons. The van der Waals surface area contributed by atoms with Crippen LogP contribution >= 0.6 is 11.8 Å². The molecule has 2 aromatic heterocycles. The summed E-state index contributed by atoms with van der Waals surface area (Å²) >= 11 is 0.853. The zero-order chi connectivity index (χ0) is 27.9. The lowest BCUT2D eigenvalue weighted by Gasteiger charge is -2.46. The van der Waals surface area contributed by atoms with Crippen molar-refractivity contribution < 1.29 is 31.1 Å². The molecule has 38 heavy (non-hydrogen) atoms. The minimum absolute atomic E-state index is 0.0136. The molecule has 0 spiro atoms. The molecule has 0 bridgehead atoms. The maximum Gasteiger partial charge on any atom is 0.274 e. The number of aliphatic imine (C=N–C) groups is 1. The highest BCUT2D eigenvalue weighted by Crippen LogP contribution is 2.52. The van der Waals surface area contributed by atoms with Gasteiger partial charge in [0.1, 0.15) is 21.8 Å². The van der Waals surface area contributed by atoms with E-state index < -0.39 is 42.9 Å². The van der Waals surface area contributed by atoms with Gasteiger partial charge in [0, 0.05) is 29.5 Å². The van der Waals surface area contributed by atoms with Crippen molar-refractivity contribution in [3.8, 4) is 5.75 Å². The topological polar surface area (TPSA) is 150 Å². The van der Waals surface area contributed by atoms with Gasteiger partial charge in [0.15, 0.2) is 33.2 Å². The Morgan fingerprint density at radius 1 is 1.26 bits per heavy atom. The van der Waals surface area contributed by atoms with Crippen LogP contribution in [0.1, 0.15) is 42.7 Å². The summed E-state index contributed by atoms with van der Waals surface area (Å²) in [5.74, 6) is -3.26. The van der Waals surface area contributed by atoms with Crippen LogP contribution in [0, 0.1) is 17.6 Å². The van der Waals surface area contributed by atoms with Crippen molar-refractivity contribution in [3.63, 3.8) is 0 Å². The summed E-state index contributed by atoms with van der Waals surface area (Å²) in [6.07, 6.45) is 5.27. The normalized spacial score (nSPS) is 23.5. The highest BCUT2D eigenvalue weighted by molar-refractivity contribution is 8.23. The minimum Gasteiger partial charge on any atom is -0.482 e. The number of thioether (sulfide) groups is 1. The number of nitrogens with zero attached hydrogens (tertiary/aromatic N) is 3. The predicted molar refractivity (Wildman–Crippen MR) is 138 cm³/mol. The zero-order valence-corrected chi connectivity index (χ0v) is 22.5. The summed E-state index contributed by atoms with van der Waals surface area (Å²) < 4.78 is 64.3. The molecule has 0 fully saturated rings. The molecule has 1 aliphatic rings. The van der Waals surface area contributed by atoms with Gasteiger partial charge in [0.2, 0.25) is 5.89 Å². The molecule has 202 valence electrons. The second-order valence-electron chi connectivity index (χ2n) is 9.08. The Kier molecular flexibility index (Phi) is 7.23. The maximum absolute atomic E-state index is 15.1. The Balaban J connectivity index is 1.60. The Morgan fingerprint density at radius 2 is 2.00 bits per heavy atom. The fourth-order valence-electron chi connectivity index (χ4n) is 4.14. The number of oxazole rings is 1. The Labute approximate surface area is 222 Å². The molecule has 0 saturated heterocycles. The number of anilines is 1. The van der Waals surface area contributed by atoms with Crippen LogP contribution in [0.3, 0.4) is 0 Å². The van der Waals surface area contributed by atoms with E-state index in [1.807, 2.05) is 0 Å². The molecule has 0 aliphatic carbocycles. The second kappa shape index (κ2) is 9.98. The number of halogens is 2. The van der Waals surface area contributed by atoms with E-state index in [1.165, 1.54) is 50.7 Å². The van der Waals surface area contributed by atoms with Crippen LogP contribution in [-0.4, -0.2) is 39.8 Å². The summed E-state index contributed by atoms with van der Waals surface area (Å²) in [6.45, 7) is 4.61. The van der Waals surface area contributed by atoms with Crippen molar-refractivity contribution >= 4 is 38.4 Å². The Bertz CT molecular complexity index is 1500. The van der Waals surface area contributed by atoms with Crippen LogP contribution in [0.25, 0.3) is 0 Å². The molecule has 14 heteroatoms. The quantitative estimate of drug-likeness (QED) is 0.435. The van der Waals surface area contributed by atoms with Gasteiger partial charge in [-0.25, -0.2) is 27.2 Å². The van der Waals surface area contributed by atoms with Crippen LogP contribution in [0.5, 0.6) is 5.75 Å². The summed E-state index contributed by atoms with van der Waals surface area (Å²) in [5.41, 5.74) is 4.07. The molecule has 3 N–H and O–H groups in total. The molecular formula is C24H25F2N5O5S2. The highest BCUT2D eigenvalue weighted by atomic mass is 32.3. The van der Waals surface area contributed by atoms with Gasteiger partial charge >= 0.3 is 0 Å². The van der Waals surface area contributed by atoms with E-state index >= 15 is 4.39 Å². The van der Waals surface area contributed by atoms with Crippen molar-refractivity contribution in [2.24, 2.45) is 16.6 Å². The molecular weight excluding hydrogens is 540 g/mol. The van der Waals surface area contributed by atoms with Crippen molar-refractivity contribution in [3.05, 3.63) is 71.7 Å². The van der Waals surface area contributed by atoms with Crippen LogP contribution in [0.2, 0.25) is 0 Å². The third kappa shape index (κ3) is 5.10. The minimum atomic E-state index is -3.71. The number of carbonyl (C=O) groups excluding carboxylic acids is 1. The van der Waals surface area contributed by atoms with Gasteiger partial charge in [0.05, 0.1) is 17.9 Å². The summed E-state index contributed by atoms with van der Waals surface area (Å²) in [6, 6.07) is 4.94. The van der Waals surface area contributed by atoms with E-state index in [9.17, 15) is 17.6 Å². The van der Waals surface area contributed by atoms with Crippen molar-refractivity contribution in [1.82, 2.24) is 9.97 Å². The van der Waals surface area contributed by atoms with Gasteiger partial charge in [0.25, 0.3) is 5.91 Å². The third-order valence-corrected chi connectivity index (χ3v) is 10.7. The largest absolute Gasteiger partial charge is 0.482 e. The fourth-order valence-corrected chi connectivity index (χ4v) is 6.93. The predicted octanol–water partition coefficient (Wildman–Crippen LogP) is 3.85. The molecule has 1 aliphatic heterocycles. The fraction of sp³-hybridized carbons (Fsp3) is 0.333. The molecule has 3 aromatic rings. The number of amides is 1. The first-order chi connectivity index (χ1) is 17.7. The summed E-state index contributed by atoms with van der Waals surface area (Å²) in [4.78, 5) is 25.1. The highest BCUT2D eigenvalue weighted by Gasteiger charge is 2.55. The molecule has 0 unspecified atom stereocenters. The van der Waals surface area contributed by atoms with Gasteiger partial charge in [-0.1, -0.05) is 18.7 Å². The number of nitrogens with two attached hydrogens (primary N) is 1. The molecule has 1 amide bonds. The number of benzene rings is 1. The number of hydrogen-bond donors (Lipinski definition) is 2. The number of hydrogen-bond acceptors (Lipinski definition) is 10. The van der Waals surface area contributed by atoms with Gasteiger partial charge < -0.3 is 20.2 Å². The number of carbonyl (C=O) groups is 1. The SMILES string of the molecule is C[C@@H]1[C@@](C)(S(C)(=O)=O)SC(N)=N[C@]1(C)c1cc(NC(=O)c2ccc(OCc3ncco3)cn2)cc(F)c1F. The summed E-state index contributed by atoms with van der Waals surface area (Å²) in [7, 11) is -3.71. The number of aromatic nitrogens is 2. The molecule has 3 atom stereocenters. The molecule has 0 saturated carbocycles. The van der Waals surface area contributed by atoms with Crippen molar-refractivity contribution in [2.75, 3.05) is 11.6 Å². The van der Waals surface area contributed by atoms with Crippen LogP contribution in [-0.2, 0) is 22.0 Å². The van der Waals surface area contributed by atoms with Crippen LogP contribution < -0.4 is 15.8 Å². The summed E-state index contributed by atoms with van der Waals surface area (Å²) in [5, 5.41) is 2.42. The number of ether oxygens (including phenoxy) is 1. The van der Waals surface area contributed by atoms with Crippen molar-refractivity contribution in [2.45, 2.75) is 37.0 Å². The lowest BCUT2D eigenvalue weighted by atomic mass is 9.78. The smallest absolute Gasteiger partial charge is 0.274 e. The standard InChI is InChI=1S/C24H25F2N5O5S2/c1-13-23(2,31-22(27)37-24(13,3)38(4,33)34)16-9-14(10-17(25)20(16)26)30-21(32)18-6-5-15(11-29-18)36-12-19-28-7-8-35-19/h5-11,13H,12H2,1-4H3,(H2,27,31)(H,30,32)/t13-,23-,24+/m0/s1. The number of pyridine rings is 1. The van der Waals surface area contributed by atoms with Gasteiger partial charge in [-0.05, 0) is 32.0 Å².